The summed E-state index contributed by atoms with van der Waals surface area (Å²) >= 11 is 1.33. The molecular weight excluding hydrogens is 436 g/mol. The Morgan fingerprint density at radius 1 is 1.09 bits per heavy atom. The van der Waals surface area contributed by atoms with Crippen LogP contribution in [-0.4, -0.2) is 35.2 Å². The van der Waals surface area contributed by atoms with Crippen LogP contribution in [0.3, 0.4) is 0 Å². The van der Waals surface area contributed by atoms with Gasteiger partial charge >= 0.3 is 5.97 Å². The van der Waals surface area contributed by atoms with Crippen LogP contribution in [0.15, 0.2) is 36.4 Å². The van der Waals surface area contributed by atoms with E-state index in [1.165, 1.54) is 37.3 Å². The van der Waals surface area contributed by atoms with E-state index in [9.17, 15) is 19.8 Å². The van der Waals surface area contributed by atoms with E-state index < -0.39 is 11.9 Å². The van der Waals surface area contributed by atoms with E-state index in [1.54, 1.807) is 12.1 Å². The molecule has 174 valence electrons. The van der Waals surface area contributed by atoms with Crippen LogP contribution < -0.4 is 10.6 Å². The first-order valence-corrected chi connectivity index (χ1v) is 12.2. The molecule has 0 saturated carbocycles. The number of aromatic hydroxyl groups is 1. The number of aryl methyl sites for hydroxylation is 1. The van der Waals surface area contributed by atoms with Crippen LogP contribution in [0.1, 0.15) is 64.3 Å². The number of carboxylic acids is 1. The molecule has 0 radical (unpaired) electrons. The minimum Gasteiger partial charge on any atom is -0.507 e. The molecule has 5 rings (SSSR count). The number of aromatic carboxylic acids is 1. The minimum absolute atomic E-state index is 0.0379. The summed E-state index contributed by atoms with van der Waals surface area (Å²) < 4.78 is 0. The number of amides is 1. The molecule has 7 heteroatoms. The first-order chi connectivity index (χ1) is 15.7. The van der Waals surface area contributed by atoms with Gasteiger partial charge in [0.15, 0.2) is 0 Å². The molecular formula is C26H30N2O4S. The zero-order chi connectivity index (χ0) is 23.6. The molecule has 4 N–H and O–H groups in total. The van der Waals surface area contributed by atoms with Gasteiger partial charge in [0.2, 0.25) is 0 Å². The lowest BCUT2D eigenvalue weighted by atomic mass is 9.76. The maximum absolute atomic E-state index is 12.8. The standard InChI is InChI=1S/C22H21NO4S.C4H9N/c1-22(2)8-7-17-15(11-22)18(21(26)27)20(28-17)23-19(25)14-9-12-5-3-4-6-13(12)10-16(14)24;1-2-4-5-3-1/h3-6,9-10,24H,7-8,11H2,1-2H3,(H,23,25)(H,26,27);5H,1-4H2. The van der Waals surface area contributed by atoms with Crippen molar-refractivity contribution in [1.82, 2.24) is 5.32 Å². The summed E-state index contributed by atoms with van der Waals surface area (Å²) in [4.78, 5) is 25.8. The number of thiophene rings is 1. The van der Waals surface area contributed by atoms with Crippen LogP contribution in [0.2, 0.25) is 0 Å². The number of phenolic OH excluding ortho intramolecular Hbond substituents is 1. The van der Waals surface area contributed by atoms with Crippen LogP contribution in [0.4, 0.5) is 5.00 Å². The molecule has 0 bridgehead atoms. The van der Waals surface area contributed by atoms with E-state index >= 15 is 0 Å². The zero-order valence-electron chi connectivity index (χ0n) is 19.0. The summed E-state index contributed by atoms with van der Waals surface area (Å²) in [6, 6.07) is 10.6. The number of nitrogens with one attached hydrogen (secondary N) is 2. The highest BCUT2D eigenvalue weighted by Crippen LogP contribution is 2.44. The molecule has 1 saturated heterocycles. The van der Waals surface area contributed by atoms with Crippen molar-refractivity contribution in [1.29, 1.82) is 0 Å². The van der Waals surface area contributed by atoms with Crippen molar-refractivity contribution in [2.45, 2.75) is 46.0 Å². The lowest BCUT2D eigenvalue weighted by Crippen LogP contribution is -2.22. The van der Waals surface area contributed by atoms with Crippen molar-refractivity contribution in [3.8, 4) is 5.75 Å². The molecule has 1 aliphatic carbocycles. The highest BCUT2D eigenvalue weighted by atomic mass is 32.1. The molecule has 0 unspecified atom stereocenters. The number of carbonyl (C=O) groups is 2. The van der Waals surface area contributed by atoms with Crippen LogP contribution in [0.25, 0.3) is 10.8 Å². The Morgan fingerprint density at radius 2 is 1.76 bits per heavy atom. The molecule has 3 aromatic rings. The van der Waals surface area contributed by atoms with Gasteiger partial charge in [-0.25, -0.2) is 4.79 Å². The number of anilines is 1. The average molecular weight is 467 g/mol. The fourth-order valence-electron chi connectivity index (χ4n) is 4.44. The first kappa shape index (κ1) is 23.3. The summed E-state index contributed by atoms with van der Waals surface area (Å²) in [6.45, 7) is 6.76. The van der Waals surface area contributed by atoms with Crippen LogP contribution in [-0.2, 0) is 12.8 Å². The Kier molecular flexibility index (Phi) is 6.72. The minimum atomic E-state index is -1.03. The lowest BCUT2D eigenvalue weighted by Gasteiger charge is -2.29. The summed E-state index contributed by atoms with van der Waals surface area (Å²) in [5.74, 6) is -1.67. The number of rotatable bonds is 3. The first-order valence-electron chi connectivity index (χ1n) is 11.4. The monoisotopic (exact) mass is 466 g/mol. The normalized spacial score (nSPS) is 16.5. The van der Waals surface area contributed by atoms with Gasteiger partial charge in [0, 0.05) is 4.88 Å². The largest absolute Gasteiger partial charge is 0.507 e. The molecule has 1 amide bonds. The summed E-state index contributed by atoms with van der Waals surface area (Å²) in [5.41, 5.74) is 1.17. The zero-order valence-corrected chi connectivity index (χ0v) is 19.8. The van der Waals surface area contributed by atoms with E-state index in [-0.39, 0.29) is 22.3 Å². The second-order valence-corrected chi connectivity index (χ2v) is 10.6. The van der Waals surface area contributed by atoms with Gasteiger partial charge in [-0.05, 0) is 79.1 Å². The smallest absolute Gasteiger partial charge is 0.339 e. The van der Waals surface area contributed by atoms with Gasteiger partial charge in [-0.2, -0.15) is 0 Å². The van der Waals surface area contributed by atoms with Crippen molar-refractivity contribution in [2.75, 3.05) is 18.4 Å². The van der Waals surface area contributed by atoms with Gasteiger partial charge in [-0.15, -0.1) is 11.3 Å². The fourth-order valence-corrected chi connectivity index (χ4v) is 5.64. The lowest BCUT2D eigenvalue weighted by molar-refractivity contribution is 0.0696. The van der Waals surface area contributed by atoms with Crippen molar-refractivity contribution >= 4 is 39.0 Å². The third-order valence-corrected chi connectivity index (χ3v) is 7.49. The second-order valence-electron chi connectivity index (χ2n) is 9.48. The Morgan fingerprint density at radius 3 is 2.36 bits per heavy atom. The van der Waals surface area contributed by atoms with E-state index in [4.69, 9.17) is 0 Å². The molecule has 2 heterocycles. The third-order valence-electron chi connectivity index (χ3n) is 6.28. The Balaban J connectivity index is 0.000000459. The molecule has 0 atom stereocenters. The maximum atomic E-state index is 12.8. The molecule has 1 aliphatic heterocycles. The number of hydrogen-bond acceptors (Lipinski definition) is 5. The number of benzene rings is 2. The van der Waals surface area contributed by atoms with Gasteiger partial charge < -0.3 is 20.8 Å². The quantitative estimate of drug-likeness (QED) is 0.412. The molecule has 33 heavy (non-hydrogen) atoms. The summed E-state index contributed by atoms with van der Waals surface area (Å²) in [7, 11) is 0. The Labute approximate surface area is 197 Å². The molecule has 1 fully saturated rings. The number of carbonyl (C=O) groups excluding carboxylic acids is 1. The average Bonchev–Trinajstić information content (AvgIpc) is 3.44. The van der Waals surface area contributed by atoms with Crippen molar-refractivity contribution in [2.24, 2.45) is 5.41 Å². The second kappa shape index (κ2) is 9.53. The Bertz CT molecular complexity index is 1190. The molecule has 6 nitrogen and oxygen atoms in total. The van der Waals surface area contributed by atoms with Crippen molar-refractivity contribution in [3.05, 3.63) is 58.0 Å². The number of carboxylic acid groups (broad SMARTS) is 1. The van der Waals surface area contributed by atoms with Gasteiger partial charge in [0.05, 0.1) is 11.1 Å². The molecule has 2 aliphatic rings. The predicted molar refractivity (Wildman–Crippen MR) is 133 cm³/mol. The van der Waals surface area contributed by atoms with E-state index in [1.807, 2.05) is 24.3 Å². The van der Waals surface area contributed by atoms with Crippen LogP contribution in [0.5, 0.6) is 5.75 Å². The number of fused-ring (bicyclic) bond motifs is 2. The summed E-state index contributed by atoms with van der Waals surface area (Å²) in [5, 5.41) is 28.0. The number of phenols is 1. The highest BCUT2D eigenvalue weighted by molar-refractivity contribution is 7.17. The Hall–Kier alpha value is -2.90. The predicted octanol–water partition coefficient (Wildman–Crippen LogP) is 5.44. The molecule has 0 spiro atoms. The van der Waals surface area contributed by atoms with E-state index in [2.05, 4.69) is 24.5 Å². The van der Waals surface area contributed by atoms with Crippen LogP contribution >= 0.6 is 11.3 Å². The fraction of sp³-hybridized carbons (Fsp3) is 0.385. The number of hydrogen-bond donors (Lipinski definition) is 4. The van der Waals surface area contributed by atoms with Crippen molar-refractivity contribution < 1.29 is 19.8 Å². The van der Waals surface area contributed by atoms with E-state index in [0.717, 1.165) is 34.1 Å². The van der Waals surface area contributed by atoms with Gasteiger partial charge in [0.1, 0.15) is 10.8 Å². The summed E-state index contributed by atoms with van der Waals surface area (Å²) in [6.07, 6.45) is 5.25. The molecule has 2 aromatic carbocycles. The SMILES string of the molecule is C1CCNC1.CC1(C)CCc2sc(NC(=O)c3cc4ccccc4cc3O)c(C(=O)O)c2C1. The highest BCUT2D eigenvalue weighted by Gasteiger charge is 2.33. The van der Waals surface area contributed by atoms with Gasteiger partial charge in [0.25, 0.3) is 5.91 Å². The van der Waals surface area contributed by atoms with Crippen LogP contribution in [0, 0.1) is 5.41 Å². The van der Waals surface area contributed by atoms with Gasteiger partial charge in [-0.3, -0.25) is 4.79 Å². The topological polar surface area (TPSA) is 98.7 Å². The van der Waals surface area contributed by atoms with Crippen molar-refractivity contribution in [3.63, 3.8) is 0 Å². The third kappa shape index (κ3) is 5.20. The molecule has 1 aromatic heterocycles. The maximum Gasteiger partial charge on any atom is 0.339 e. The van der Waals surface area contributed by atoms with E-state index in [0.29, 0.717) is 11.4 Å². The van der Waals surface area contributed by atoms with Gasteiger partial charge in [-0.1, -0.05) is 38.1 Å².